The molecule has 0 aromatic carbocycles. The van der Waals surface area contributed by atoms with Gasteiger partial charge in [-0.05, 0) is 13.8 Å². The Morgan fingerprint density at radius 3 is 2.56 bits per heavy atom. The second-order valence-corrected chi connectivity index (χ2v) is 2.41. The molecule has 0 aliphatic carbocycles. The van der Waals surface area contributed by atoms with Crippen LogP contribution in [0, 0.1) is 0 Å². The molecule has 1 heterocycles. The average molecular weight is 124 g/mol. The average Bonchev–Trinajstić information content (AvgIpc) is 2.13. The van der Waals surface area contributed by atoms with Gasteiger partial charge < -0.3 is 10.2 Å². The lowest BCUT2D eigenvalue weighted by atomic mass is 10.3. The van der Waals surface area contributed by atoms with Gasteiger partial charge in [0, 0.05) is 18.4 Å². The molecule has 2 nitrogen and oxygen atoms in total. The number of nitrogens with zero attached hydrogens (tertiary/aromatic N) is 1. The predicted molar refractivity (Wildman–Crippen MR) is 38.4 cm³/mol. The van der Waals surface area contributed by atoms with Gasteiger partial charge in [-0.3, -0.25) is 0 Å². The van der Waals surface area contributed by atoms with E-state index in [1.165, 1.54) is 0 Å². The molecule has 1 rings (SSSR count). The molecule has 0 radical (unpaired) electrons. The SMILES string of the molecule is C=C1NC=CN1C(C)C. The fourth-order valence-electron chi connectivity index (χ4n) is 0.862. The summed E-state index contributed by atoms with van der Waals surface area (Å²) in [6.07, 6.45) is 3.88. The van der Waals surface area contributed by atoms with Crippen LogP contribution < -0.4 is 5.32 Å². The minimum atomic E-state index is 0.503. The summed E-state index contributed by atoms with van der Waals surface area (Å²) in [4.78, 5) is 2.08. The standard InChI is InChI=1S/C7H12N2/c1-6(2)9-5-4-8-7(9)3/h4-6,8H,3H2,1-2H3. The van der Waals surface area contributed by atoms with Crippen LogP contribution in [-0.4, -0.2) is 10.9 Å². The Morgan fingerprint density at radius 2 is 2.33 bits per heavy atom. The number of hydrogen-bond acceptors (Lipinski definition) is 2. The van der Waals surface area contributed by atoms with E-state index in [9.17, 15) is 0 Å². The lowest BCUT2D eigenvalue weighted by molar-refractivity contribution is 0.389. The van der Waals surface area contributed by atoms with E-state index in [1.54, 1.807) is 0 Å². The first-order valence-corrected chi connectivity index (χ1v) is 3.12. The van der Waals surface area contributed by atoms with E-state index in [-0.39, 0.29) is 0 Å². The Morgan fingerprint density at radius 1 is 1.67 bits per heavy atom. The molecule has 0 saturated heterocycles. The summed E-state index contributed by atoms with van der Waals surface area (Å²) in [5, 5.41) is 3.00. The second-order valence-electron chi connectivity index (χ2n) is 2.41. The Kier molecular flexibility index (Phi) is 1.47. The Labute approximate surface area is 55.9 Å². The highest BCUT2D eigenvalue weighted by Gasteiger charge is 2.10. The second kappa shape index (κ2) is 2.13. The normalized spacial score (nSPS) is 17.2. The third-order valence-electron chi connectivity index (χ3n) is 1.35. The quantitative estimate of drug-likeness (QED) is 0.565. The lowest BCUT2D eigenvalue weighted by Crippen LogP contribution is -2.24. The van der Waals surface area contributed by atoms with Gasteiger partial charge in [-0.15, -0.1) is 0 Å². The van der Waals surface area contributed by atoms with E-state index in [1.807, 2.05) is 12.4 Å². The molecule has 1 aliphatic heterocycles. The molecule has 9 heavy (non-hydrogen) atoms. The van der Waals surface area contributed by atoms with E-state index in [2.05, 4.69) is 30.6 Å². The zero-order valence-corrected chi connectivity index (χ0v) is 5.89. The first-order chi connectivity index (χ1) is 4.22. The molecule has 0 atom stereocenters. The van der Waals surface area contributed by atoms with E-state index in [4.69, 9.17) is 0 Å². The van der Waals surface area contributed by atoms with E-state index in [0.29, 0.717) is 6.04 Å². The smallest absolute Gasteiger partial charge is 0.102 e. The molecular formula is C7H12N2. The fraction of sp³-hybridized carbons (Fsp3) is 0.429. The van der Waals surface area contributed by atoms with Crippen LogP contribution in [0.3, 0.4) is 0 Å². The molecule has 0 unspecified atom stereocenters. The summed E-state index contributed by atoms with van der Waals surface area (Å²) < 4.78 is 0. The van der Waals surface area contributed by atoms with Crippen molar-refractivity contribution in [3.63, 3.8) is 0 Å². The van der Waals surface area contributed by atoms with Gasteiger partial charge in [-0.1, -0.05) is 6.58 Å². The molecule has 0 saturated carbocycles. The molecule has 0 aromatic heterocycles. The van der Waals surface area contributed by atoms with Crippen molar-refractivity contribution in [3.8, 4) is 0 Å². The third-order valence-corrected chi connectivity index (χ3v) is 1.35. The van der Waals surface area contributed by atoms with Crippen LogP contribution in [0.5, 0.6) is 0 Å². The van der Waals surface area contributed by atoms with Crippen LogP contribution in [0.4, 0.5) is 0 Å². The first kappa shape index (κ1) is 6.20. The highest BCUT2D eigenvalue weighted by molar-refractivity contribution is 5.09. The van der Waals surface area contributed by atoms with E-state index in [0.717, 1.165) is 5.82 Å². The highest BCUT2D eigenvalue weighted by atomic mass is 15.3. The molecule has 50 valence electrons. The van der Waals surface area contributed by atoms with Crippen molar-refractivity contribution in [1.82, 2.24) is 10.2 Å². The van der Waals surface area contributed by atoms with Gasteiger partial charge in [-0.25, -0.2) is 0 Å². The minimum absolute atomic E-state index is 0.503. The van der Waals surface area contributed by atoms with Crippen molar-refractivity contribution in [2.24, 2.45) is 0 Å². The van der Waals surface area contributed by atoms with Gasteiger partial charge >= 0.3 is 0 Å². The molecule has 0 fully saturated rings. The summed E-state index contributed by atoms with van der Waals surface area (Å²) in [6.45, 7) is 8.06. The zero-order valence-electron chi connectivity index (χ0n) is 5.89. The van der Waals surface area contributed by atoms with Crippen molar-refractivity contribution < 1.29 is 0 Å². The molecule has 0 amide bonds. The van der Waals surface area contributed by atoms with Gasteiger partial charge in [0.2, 0.25) is 0 Å². The van der Waals surface area contributed by atoms with Crippen molar-refractivity contribution in [2.75, 3.05) is 0 Å². The summed E-state index contributed by atoms with van der Waals surface area (Å²) in [6, 6.07) is 0.503. The fourth-order valence-corrected chi connectivity index (χ4v) is 0.862. The maximum Gasteiger partial charge on any atom is 0.102 e. The van der Waals surface area contributed by atoms with Crippen LogP contribution in [0.25, 0.3) is 0 Å². The van der Waals surface area contributed by atoms with Crippen LogP contribution >= 0.6 is 0 Å². The topological polar surface area (TPSA) is 15.3 Å². The lowest BCUT2D eigenvalue weighted by Gasteiger charge is -2.20. The van der Waals surface area contributed by atoms with E-state index < -0.39 is 0 Å². The predicted octanol–water partition coefficient (Wildman–Crippen LogP) is 1.24. The van der Waals surface area contributed by atoms with Crippen molar-refractivity contribution in [3.05, 3.63) is 24.8 Å². The van der Waals surface area contributed by atoms with Crippen LogP contribution in [0.1, 0.15) is 13.8 Å². The number of hydrogen-bond donors (Lipinski definition) is 1. The summed E-state index contributed by atoms with van der Waals surface area (Å²) in [5.41, 5.74) is 0. The number of nitrogens with one attached hydrogen (secondary N) is 1. The Balaban J connectivity index is 2.59. The van der Waals surface area contributed by atoms with Gasteiger partial charge in [-0.2, -0.15) is 0 Å². The minimum Gasteiger partial charge on any atom is -0.347 e. The van der Waals surface area contributed by atoms with E-state index >= 15 is 0 Å². The van der Waals surface area contributed by atoms with Gasteiger partial charge in [0.25, 0.3) is 0 Å². The zero-order chi connectivity index (χ0) is 6.85. The summed E-state index contributed by atoms with van der Waals surface area (Å²) in [7, 11) is 0. The van der Waals surface area contributed by atoms with Crippen LogP contribution in [0.15, 0.2) is 24.8 Å². The van der Waals surface area contributed by atoms with Gasteiger partial charge in [0.05, 0.1) is 0 Å². The molecule has 1 aliphatic rings. The molecule has 0 bridgehead atoms. The van der Waals surface area contributed by atoms with Crippen molar-refractivity contribution >= 4 is 0 Å². The monoisotopic (exact) mass is 124 g/mol. The number of rotatable bonds is 1. The third kappa shape index (κ3) is 1.07. The Hall–Kier alpha value is -0.920. The molecular weight excluding hydrogens is 112 g/mol. The maximum absolute atomic E-state index is 3.81. The first-order valence-electron chi connectivity index (χ1n) is 3.12. The Bertz CT molecular complexity index is 147. The van der Waals surface area contributed by atoms with Crippen LogP contribution in [-0.2, 0) is 0 Å². The summed E-state index contributed by atoms with van der Waals surface area (Å²) in [5.74, 6) is 0.963. The van der Waals surface area contributed by atoms with Gasteiger partial charge in [0.1, 0.15) is 5.82 Å². The molecule has 0 spiro atoms. The molecule has 0 aromatic rings. The van der Waals surface area contributed by atoms with Crippen LogP contribution in [0.2, 0.25) is 0 Å². The van der Waals surface area contributed by atoms with Crippen molar-refractivity contribution in [2.45, 2.75) is 19.9 Å². The van der Waals surface area contributed by atoms with Crippen molar-refractivity contribution in [1.29, 1.82) is 0 Å². The molecule has 1 N–H and O–H groups in total. The largest absolute Gasteiger partial charge is 0.347 e. The summed E-state index contributed by atoms with van der Waals surface area (Å²) >= 11 is 0. The highest BCUT2D eigenvalue weighted by Crippen LogP contribution is 2.09. The van der Waals surface area contributed by atoms with Gasteiger partial charge in [0.15, 0.2) is 0 Å². The molecule has 2 heteroatoms. The maximum atomic E-state index is 3.81.